The summed E-state index contributed by atoms with van der Waals surface area (Å²) in [5.41, 5.74) is 11.8. The number of esters is 1. The molecule has 0 radical (unpaired) electrons. The van der Waals surface area contributed by atoms with Crippen LogP contribution in [0.15, 0.2) is 78.4 Å². The van der Waals surface area contributed by atoms with E-state index in [0.29, 0.717) is 13.0 Å². The van der Waals surface area contributed by atoms with Crippen LogP contribution >= 0.6 is 0 Å². The second-order valence-corrected chi connectivity index (χ2v) is 9.66. The Kier molecular flexibility index (Phi) is 8.99. The second-order valence-electron chi connectivity index (χ2n) is 9.66. The summed E-state index contributed by atoms with van der Waals surface area (Å²) in [4.78, 5) is 15.0. The van der Waals surface area contributed by atoms with Crippen molar-refractivity contribution in [2.75, 3.05) is 34.4 Å². The number of likely N-dealkylation sites (N-methyl/N-ethyl adjacent to an activating group) is 1. The van der Waals surface area contributed by atoms with Gasteiger partial charge in [0.15, 0.2) is 0 Å². The van der Waals surface area contributed by atoms with Crippen molar-refractivity contribution in [2.45, 2.75) is 31.4 Å². The molecule has 0 aliphatic heterocycles. The van der Waals surface area contributed by atoms with Crippen LogP contribution in [0, 0.1) is 0 Å². The Balaban J connectivity index is 1.36. The zero-order valence-corrected chi connectivity index (χ0v) is 21.9. The number of carbonyl (C=O) groups is 1. The average molecular weight is 501 g/mol. The van der Waals surface area contributed by atoms with Crippen molar-refractivity contribution in [3.63, 3.8) is 0 Å². The maximum atomic E-state index is 13.0. The summed E-state index contributed by atoms with van der Waals surface area (Å²) in [6.45, 7) is 0.779. The fourth-order valence-corrected chi connectivity index (χ4v) is 4.53. The van der Waals surface area contributed by atoms with Gasteiger partial charge in [-0.05, 0) is 79.4 Å². The summed E-state index contributed by atoms with van der Waals surface area (Å²) in [5.74, 6) is 1.22. The highest BCUT2D eigenvalue weighted by Gasteiger charge is 2.27. The Morgan fingerprint density at radius 2 is 1.70 bits per heavy atom. The molecule has 0 fully saturated rings. The summed E-state index contributed by atoms with van der Waals surface area (Å²) in [7, 11) is 5.56. The van der Waals surface area contributed by atoms with Gasteiger partial charge < -0.3 is 24.8 Å². The molecule has 3 aromatic rings. The zero-order chi connectivity index (χ0) is 26.2. The maximum absolute atomic E-state index is 13.0. The third-order valence-electron chi connectivity index (χ3n) is 6.53. The van der Waals surface area contributed by atoms with Crippen molar-refractivity contribution in [3.8, 4) is 11.5 Å². The van der Waals surface area contributed by atoms with Crippen LogP contribution in [0.3, 0.4) is 0 Å². The van der Waals surface area contributed by atoms with E-state index >= 15 is 0 Å². The predicted molar refractivity (Wildman–Crippen MR) is 147 cm³/mol. The summed E-state index contributed by atoms with van der Waals surface area (Å²) >= 11 is 0. The summed E-state index contributed by atoms with van der Waals surface area (Å²) in [6, 6.07) is 23.4. The molecule has 4 rings (SSSR count). The molecule has 6 heteroatoms. The Hall–Kier alpha value is -3.61. The lowest BCUT2D eigenvalue weighted by Crippen LogP contribution is -2.41. The van der Waals surface area contributed by atoms with Gasteiger partial charge in [-0.25, -0.2) is 4.79 Å². The molecule has 6 nitrogen and oxygen atoms in total. The Morgan fingerprint density at radius 1 is 0.973 bits per heavy atom. The van der Waals surface area contributed by atoms with Crippen LogP contribution in [0.4, 0.5) is 0 Å². The molecule has 0 bridgehead atoms. The minimum Gasteiger partial charge on any atom is -0.497 e. The lowest BCUT2D eigenvalue weighted by atomic mass is 10.0. The zero-order valence-electron chi connectivity index (χ0n) is 21.9. The smallest absolute Gasteiger partial charge is 0.327 e. The van der Waals surface area contributed by atoms with Gasteiger partial charge in [0.25, 0.3) is 0 Å². The van der Waals surface area contributed by atoms with Gasteiger partial charge in [-0.3, -0.25) is 0 Å². The van der Waals surface area contributed by atoms with Crippen LogP contribution in [0.1, 0.15) is 22.3 Å². The molecule has 0 unspecified atom stereocenters. The molecule has 0 heterocycles. The quantitative estimate of drug-likeness (QED) is 0.374. The minimum atomic E-state index is -0.797. The molecule has 1 aliphatic rings. The van der Waals surface area contributed by atoms with Crippen LogP contribution < -0.4 is 15.2 Å². The topological polar surface area (TPSA) is 74.0 Å². The highest BCUT2D eigenvalue weighted by molar-refractivity contribution is 5.83. The summed E-state index contributed by atoms with van der Waals surface area (Å²) in [6.07, 6.45) is 3.93. The molecular weight excluding hydrogens is 464 g/mol. The molecular formula is C31H36N2O4. The lowest BCUT2D eigenvalue weighted by Gasteiger charge is -2.24. The molecule has 194 valence electrons. The van der Waals surface area contributed by atoms with E-state index in [-0.39, 0.29) is 6.61 Å². The number of methoxy groups -OCH3 is 1. The van der Waals surface area contributed by atoms with Crippen molar-refractivity contribution >= 4 is 12.0 Å². The largest absolute Gasteiger partial charge is 0.497 e. The molecule has 2 atom stereocenters. The Bertz CT molecular complexity index is 1220. The number of nitrogens with two attached hydrogens (primary N) is 1. The number of aryl methyl sites for hydroxylation is 2. The summed E-state index contributed by atoms with van der Waals surface area (Å²) < 4.78 is 17.3. The number of fused-ring (bicyclic) bond motifs is 1. The van der Waals surface area contributed by atoms with E-state index in [0.717, 1.165) is 41.0 Å². The molecule has 0 aromatic heterocycles. The van der Waals surface area contributed by atoms with Gasteiger partial charge in [0.05, 0.1) is 7.11 Å². The van der Waals surface area contributed by atoms with Crippen LogP contribution in [-0.2, 0) is 28.8 Å². The highest BCUT2D eigenvalue weighted by Crippen LogP contribution is 2.27. The van der Waals surface area contributed by atoms with Gasteiger partial charge in [-0.1, -0.05) is 60.7 Å². The number of rotatable bonds is 12. The molecule has 3 aromatic carbocycles. The Labute approximate surface area is 219 Å². The molecule has 1 aliphatic carbocycles. The molecule has 0 amide bonds. The fraction of sp³-hybridized carbons (Fsp3) is 0.323. The first-order valence-electron chi connectivity index (χ1n) is 12.7. The van der Waals surface area contributed by atoms with Gasteiger partial charge >= 0.3 is 5.97 Å². The minimum absolute atomic E-state index is 0.245. The van der Waals surface area contributed by atoms with Gasteiger partial charge in [-0.15, -0.1) is 0 Å². The van der Waals surface area contributed by atoms with Gasteiger partial charge in [0.1, 0.15) is 30.3 Å². The van der Waals surface area contributed by atoms with Gasteiger partial charge in [-0.2, -0.15) is 0 Å². The van der Waals surface area contributed by atoms with Crippen LogP contribution in [0.5, 0.6) is 11.5 Å². The van der Waals surface area contributed by atoms with E-state index in [1.165, 1.54) is 11.1 Å². The number of hydrogen-bond donors (Lipinski definition) is 1. The highest BCUT2D eigenvalue weighted by atomic mass is 16.6. The Morgan fingerprint density at radius 3 is 2.43 bits per heavy atom. The number of para-hydroxylation sites is 1. The van der Waals surface area contributed by atoms with Gasteiger partial charge in [0.2, 0.25) is 0 Å². The number of hydrogen-bond acceptors (Lipinski definition) is 6. The molecule has 0 saturated carbocycles. The lowest BCUT2D eigenvalue weighted by molar-refractivity contribution is -0.151. The van der Waals surface area contributed by atoms with Crippen molar-refractivity contribution in [3.05, 3.63) is 101 Å². The van der Waals surface area contributed by atoms with E-state index in [1.54, 1.807) is 7.11 Å². The predicted octanol–water partition coefficient (Wildman–Crippen LogP) is 4.30. The first-order chi connectivity index (χ1) is 17.9. The van der Waals surface area contributed by atoms with Crippen molar-refractivity contribution in [2.24, 2.45) is 5.73 Å². The van der Waals surface area contributed by atoms with Crippen LogP contribution in [0.25, 0.3) is 6.08 Å². The van der Waals surface area contributed by atoms with E-state index in [9.17, 15) is 4.79 Å². The van der Waals surface area contributed by atoms with E-state index < -0.39 is 18.1 Å². The van der Waals surface area contributed by atoms with Crippen LogP contribution in [-0.4, -0.2) is 57.4 Å². The number of benzene rings is 3. The maximum Gasteiger partial charge on any atom is 0.327 e. The van der Waals surface area contributed by atoms with Crippen molar-refractivity contribution < 1.29 is 19.0 Å². The fourth-order valence-electron chi connectivity index (χ4n) is 4.53. The van der Waals surface area contributed by atoms with E-state index in [2.05, 4.69) is 24.3 Å². The summed E-state index contributed by atoms with van der Waals surface area (Å²) in [5, 5.41) is 0. The van der Waals surface area contributed by atoms with E-state index in [4.69, 9.17) is 19.9 Å². The number of carbonyl (C=O) groups excluding carboxylic acids is 1. The monoisotopic (exact) mass is 500 g/mol. The average Bonchev–Trinajstić information content (AvgIpc) is 3.35. The van der Waals surface area contributed by atoms with Crippen molar-refractivity contribution in [1.29, 1.82) is 0 Å². The second kappa shape index (κ2) is 12.6. The van der Waals surface area contributed by atoms with E-state index in [1.807, 2.05) is 73.6 Å². The molecule has 2 N–H and O–H groups in total. The van der Waals surface area contributed by atoms with Crippen molar-refractivity contribution in [1.82, 2.24) is 4.90 Å². The molecule has 0 saturated heterocycles. The van der Waals surface area contributed by atoms with Gasteiger partial charge in [0, 0.05) is 6.54 Å². The molecule has 0 spiro atoms. The normalized spacial score (nSPS) is 14.0. The SMILES string of the molecule is COc1ccc(CCc2ccccc2OC[C@H](CN(C)C)OC(=O)[C@H](N)C2=Cc3ccccc3C2)cc1. The number of nitrogens with zero attached hydrogens (tertiary/aromatic N) is 1. The van der Waals surface area contributed by atoms with Crippen LogP contribution in [0.2, 0.25) is 0 Å². The third kappa shape index (κ3) is 7.21. The first-order valence-corrected chi connectivity index (χ1v) is 12.7. The standard InChI is InChI=1S/C31H36N2O4/c1-33(2)20-28(37-31(34)30(32)26-18-24-9-4-5-10-25(24)19-26)21-36-29-11-7-6-8-23(29)15-12-22-13-16-27(35-3)17-14-22/h4-11,13-14,16-18,28,30H,12,15,19-21,32H2,1-3H3/t28-,30+/m0/s1. The number of ether oxygens (including phenoxy) is 3. The third-order valence-corrected chi connectivity index (χ3v) is 6.53. The first kappa shape index (κ1) is 26.5. The molecule has 37 heavy (non-hydrogen) atoms.